The van der Waals surface area contributed by atoms with Crippen LogP contribution in [0.3, 0.4) is 0 Å². The number of amides is 1. The fourth-order valence-corrected chi connectivity index (χ4v) is 2.42. The first kappa shape index (κ1) is 23.6. The molecule has 142 valence electrons. The van der Waals surface area contributed by atoms with Gasteiger partial charge in [0.2, 0.25) is 5.91 Å². The van der Waals surface area contributed by atoms with Gasteiger partial charge in [0.1, 0.15) is 0 Å². The van der Waals surface area contributed by atoms with Gasteiger partial charge >= 0.3 is 0 Å². The Morgan fingerprint density at radius 3 is 1.81 bits per heavy atom. The summed E-state index contributed by atoms with van der Waals surface area (Å²) < 4.78 is 0. The second-order valence-electron chi connectivity index (χ2n) is 6.59. The molecule has 1 amide bonds. The smallest absolute Gasteiger partial charge is 0.248 e. The standard InChI is InChI=1S/C24H35NO/c1-8-9-10-11-12-13-14-15-16-17-18(2)19(3)20(4)21(5)22(6)23(7)24(25)26/h15-16H,2-14,17H2,1H3,(H2,25,26)/b16-15-. The van der Waals surface area contributed by atoms with Crippen LogP contribution in [0.15, 0.2) is 85.1 Å². The minimum absolute atomic E-state index is 0.133. The Labute approximate surface area is 160 Å². The van der Waals surface area contributed by atoms with Gasteiger partial charge < -0.3 is 5.73 Å². The van der Waals surface area contributed by atoms with E-state index >= 15 is 0 Å². The van der Waals surface area contributed by atoms with Crippen LogP contribution < -0.4 is 5.73 Å². The van der Waals surface area contributed by atoms with Crippen molar-refractivity contribution in [2.75, 3.05) is 0 Å². The Kier molecular flexibility index (Phi) is 11.8. The first-order valence-corrected chi connectivity index (χ1v) is 9.32. The zero-order valence-corrected chi connectivity index (χ0v) is 16.5. The number of rotatable bonds is 15. The Hall–Kier alpha value is -2.35. The molecule has 0 aliphatic carbocycles. The lowest BCUT2D eigenvalue weighted by Gasteiger charge is -2.16. The Balaban J connectivity index is 4.31. The summed E-state index contributed by atoms with van der Waals surface area (Å²) in [7, 11) is 0. The Morgan fingerprint density at radius 2 is 1.23 bits per heavy atom. The molecule has 0 unspecified atom stereocenters. The predicted molar refractivity (Wildman–Crippen MR) is 116 cm³/mol. The molecule has 0 saturated heterocycles. The van der Waals surface area contributed by atoms with Crippen molar-refractivity contribution in [3.05, 3.63) is 85.1 Å². The molecule has 0 radical (unpaired) electrons. The van der Waals surface area contributed by atoms with Crippen molar-refractivity contribution in [3.8, 4) is 0 Å². The highest BCUT2D eigenvalue weighted by molar-refractivity contribution is 5.97. The van der Waals surface area contributed by atoms with Gasteiger partial charge in [0.05, 0.1) is 0 Å². The van der Waals surface area contributed by atoms with Crippen molar-refractivity contribution in [2.24, 2.45) is 5.73 Å². The van der Waals surface area contributed by atoms with E-state index in [-0.39, 0.29) is 5.57 Å². The van der Waals surface area contributed by atoms with E-state index in [0.29, 0.717) is 28.7 Å². The topological polar surface area (TPSA) is 43.1 Å². The summed E-state index contributed by atoms with van der Waals surface area (Å²) in [4.78, 5) is 11.2. The molecule has 2 nitrogen and oxygen atoms in total. The average Bonchev–Trinajstić information content (AvgIpc) is 2.63. The van der Waals surface area contributed by atoms with Crippen LogP contribution >= 0.6 is 0 Å². The van der Waals surface area contributed by atoms with Crippen LogP contribution in [-0.2, 0) is 4.79 Å². The summed E-state index contributed by atoms with van der Waals surface area (Å²) in [6.07, 6.45) is 13.9. The number of allylic oxidation sites excluding steroid dienone is 6. The quantitative estimate of drug-likeness (QED) is 0.155. The van der Waals surface area contributed by atoms with Crippen molar-refractivity contribution >= 4 is 5.91 Å². The van der Waals surface area contributed by atoms with Crippen molar-refractivity contribution < 1.29 is 4.79 Å². The van der Waals surface area contributed by atoms with E-state index in [1.807, 2.05) is 0 Å². The van der Waals surface area contributed by atoms with E-state index in [1.165, 1.54) is 38.5 Å². The third-order valence-electron chi connectivity index (χ3n) is 4.44. The highest BCUT2D eigenvalue weighted by Crippen LogP contribution is 2.29. The summed E-state index contributed by atoms with van der Waals surface area (Å²) in [6.45, 7) is 25.7. The van der Waals surface area contributed by atoms with Crippen LogP contribution in [0.1, 0.15) is 58.3 Å². The fourth-order valence-electron chi connectivity index (χ4n) is 2.42. The molecule has 26 heavy (non-hydrogen) atoms. The first-order chi connectivity index (χ1) is 12.2. The Bertz CT molecular complexity index is 616. The molecule has 0 rings (SSSR count). The van der Waals surface area contributed by atoms with E-state index < -0.39 is 5.91 Å². The summed E-state index contributed by atoms with van der Waals surface area (Å²) in [5, 5.41) is 0. The van der Waals surface area contributed by atoms with Crippen LogP contribution in [0.2, 0.25) is 0 Å². The normalized spacial score (nSPS) is 10.5. The molecule has 0 aromatic carbocycles. The second-order valence-corrected chi connectivity index (χ2v) is 6.59. The van der Waals surface area contributed by atoms with Gasteiger partial charge in [-0.25, -0.2) is 0 Å². The molecule has 0 aliphatic rings. The number of carbonyl (C=O) groups excluding carboxylic acids is 1. The van der Waals surface area contributed by atoms with Crippen LogP contribution in [0.25, 0.3) is 0 Å². The second kappa shape index (κ2) is 12.9. The van der Waals surface area contributed by atoms with Gasteiger partial charge in [-0.3, -0.25) is 4.79 Å². The molecule has 0 heterocycles. The van der Waals surface area contributed by atoms with E-state index in [9.17, 15) is 4.79 Å². The number of carbonyl (C=O) groups is 1. The van der Waals surface area contributed by atoms with Crippen LogP contribution in [0.5, 0.6) is 0 Å². The van der Waals surface area contributed by atoms with E-state index in [0.717, 1.165) is 12.0 Å². The summed E-state index contributed by atoms with van der Waals surface area (Å²) in [5.41, 5.74) is 8.44. The molecule has 0 aromatic heterocycles. The molecular weight excluding hydrogens is 318 g/mol. The van der Waals surface area contributed by atoms with Gasteiger partial charge in [0, 0.05) is 5.57 Å². The maximum absolute atomic E-state index is 11.2. The minimum Gasteiger partial charge on any atom is -0.366 e. The zero-order chi connectivity index (χ0) is 20.1. The molecule has 0 aromatic rings. The van der Waals surface area contributed by atoms with Crippen molar-refractivity contribution in [3.63, 3.8) is 0 Å². The van der Waals surface area contributed by atoms with Crippen molar-refractivity contribution in [1.29, 1.82) is 0 Å². The molecule has 0 fully saturated rings. The van der Waals surface area contributed by atoms with E-state index in [2.05, 4.69) is 58.5 Å². The SMILES string of the molecule is C=C(C/C=C\CCCCCCCC)C(=C)C(=C)C(=C)C(=C)C(=C)C(N)=O. The van der Waals surface area contributed by atoms with Crippen LogP contribution in [-0.4, -0.2) is 5.91 Å². The summed E-state index contributed by atoms with van der Waals surface area (Å²) >= 11 is 0. The highest BCUT2D eigenvalue weighted by Gasteiger charge is 2.14. The van der Waals surface area contributed by atoms with Gasteiger partial charge in [0.25, 0.3) is 0 Å². The third-order valence-corrected chi connectivity index (χ3v) is 4.44. The lowest BCUT2D eigenvalue weighted by atomic mass is 9.88. The molecule has 2 N–H and O–H groups in total. The number of hydrogen-bond acceptors (Lipinski definition) is 1. The molecule has 0 spiro atoms. The maximum Gasteiger partial charge on any atom is 0.248 e. The predicted octanol–water partition coefficient (Wildman–Crippen LogP) is 6.51. The maximum atomic E-state index is 11.2. The monoisotopic (exact) mass is 353 g/mol. The van der Waals surface area contributed by atoms with Gasteiger partial charge in [-0.2, -0.15) is 0 Å². The average molecular weight is 354 g/mol. The summed E-state index contributed by atoms with van der Waals surface area (Å²) in [6, 6.07) is 0. The molecule has 0 bridgehead atoms. The van der Waals surface area contributed by atoms with Gasteiger partial charge in [-0.15, -0.1) is 0 Å². The van der Waals surface area contributed by atoms with E-state index in [4.69, 9.17) is 5.73 Å². The highest BCUT2D eigenvalue weighted by atomic mass is 16.1. The number of nitrogens with two attached hydrogens (primary N) is 1. The summed E-state index contributed by atoms with van der Waals surface area (Å²) in [5.74, 6) is -0.619. The van der Waals surface area contributed by atoms with Crippen molar-refractivity contribution in [2.45, 2.75) is 58.3 Å². The van der Waals surface area contributed by atoms with E-state index in [1.54, 1.807) is 0 Å². The van der Waals surface area contributed by atoms with Gasteiger partial charge in [-0.1, -0.05) is 90.7 Å². The molecule has 2 heteroatoms. The Morgan fingerprint density at radius 1 is 0.731 bits per heavy atom. The molecule has 0 aliphatic heterocycles. The molecular formula is C24H35NO. The first-order valence-electron chi connectivity index (χ1n) is 9.32. The third kappa shape index (κ3) is 8.66. The lowest BCUT2D eigenvalue weighted by Crippen LogP contribution is -2.15. The van der Waals surface area contributed by atoms with Crippen LogP contribution in [0.4, 0.5) is 0 Å². The number of hydrogen-bond donors (Lipinski definition) is 1. The van der Waals surface area contributed by atoms with Gasteiger partial charge in [-0.05, 0) is 47.1 Å². The largest absolute Gasteiger partial charge is 0.366 e. The fraction of sp³-hybridized carbons (Fsp3) is 0.375. The van der Waals surface area contributed by atoms with Crippen LogP contribution in [0, 0.1) is 0 Å². The zero-order valence-electron chi connectivity index (χ0n) is 16.5. The lowest BCUT2D eigenvalue weighted by molar-refractivity contribution is -0.114. The van der Waals surface area contributed by atoms with Gasteiger partial charge in [0.15, 0.2) is 0 Å². The minimum atomic E-state index is -0.619. The number of unbranched alkanes of at least 4 members (excludes halogenated alkanes) is 6. The molecule has 0 atom stereocenters. The molecule has 0 saturated carbocycles. The number of primary amides is 1. The van der Waals surface area contributed by atoms with Crippen molar-refractivity contribution in [1.82, 2.24) is 0 Å².